The zero-order valence-corrected chi connectivity index (χ0v) is 36.4. The topological polar surface area (TPSA) is 225 Å². The first-order valence-corrected chi connectivity index (χ1v) is 19.0. The van der Waals surface area contributed by atoms with Crippen LogP contribution in [0.4, 0.5) is 9.59 Å². The van der Waals surface area contributed by atoms with Gasteiger partial charge in [-0.05, 0) is 97.8 Å². The molecule has 58 heavy (non-hydrogen) atoms. The van der Waals surface area contributed by atoms with E-state index in [1.807, 2.05) is 47.6 Å². The normalized spacial score (nSPS) is 15.4. The van der Waals surface area contributed by atoms with Gasteiger partial charge >= 0.3 is 48.2 Å². The lowest BCUT2D eigenvalue weighted by molar-refractivity contribution is -0.192. The summed E-state index contributed by atoms with van der Waals surface area (Å²) in [5.41, 5.74) is -0.952. The molecule has 2 rings (SSSR count). The molecule has 0 spiro atoms. The molecule has 2 aliphatic rings. The van der Waals surface area contributed by atoms with Crippen molar-refractivity contribution in [2.75, 3.05) is 61.7 Å². The molecule has 0 saturated carbocycles. The van der Waals surface area contributed by atoms with Gasteiger partial charge in [-0.15, -0.1) is 0 Å². The van der Waals surface area contributed by atoms with Gasteiger partial charge in [-0.1, -0.05) is 13.0 Å². The molecular formula is C40H66N2O16. The van der Waals surface area contributed by atoms with Gasteiger partial charge in [0.05, 0.1) is 41.5 Å². The van der Waals surface area contributed by atoms with E-state index in [9.17, 15) is 33.6 Å². The molecule has 2 saturated heterocycles. The zero-order valence-electron chi connectivity index (χ0n) is 36.4. The maximum Gasteiger partial charge on any atom is 0.410 e. The number of allylic oxidation sites excluding steroid dienone is 1. The van der Waals surface area contributed by atoms with E-state index in [0.717, 1.165) is 38.5 Å². The second-order valence-corrected chi connectivity index (χ2v) is 15.5. The van der Waals surface area contributed by atoms with Crippen LogP contribution in [0.2, 0.25) is 0 Å². The number of amides is 2. The predicted molar refractivity (Wildman–Crippen MR) is 206 cm³/mol. The standard InChI is InChI=1S/C19H33NO6.C15H25NO4.C5H8O4.CO2/c1-13(17(22)25-6)15(12-16(21)24-5)11-14-7-9-20(10-8-14)18(23)26-19(2,3)4;1-15(2,3)20-14(18)16-10-8-12(9-11-16)6-5-7-13(17)19-4;1-8-4(6)3-5(7)9-2;2-1-3/h13-15H,7-12H2,1-6H3;5,7,12H,6,8-11H2,1-4H3;3H2,1-2H3;/b;7-5+;;. The average molecular weight is 831 g/mol. The number of nitrogens with zero attached hydrogens (tertiary/aromatic N) is 2. The molecular weight excluding hydrogens is 764 g/mol. The van der Waals surface area contributed by atoms with Gasteiger partial charge in [0, 0.05) is 38.7 Å². The van der Waals surface area contributed by atoms with E-state index in [-0.39, 0.29) is 60.9 Å². The summed E-state index contributed by atoms with van der Waals surface area (Å²) in [6.45, 7) is 15.6. The minimum absolute atomic E-state index is 0.132. The molecule has 0 aromatic rings. The molecule has 0 radical (unpaired) electrons. The van der Waals surface area contributed by atoms with E-state index in [2.05, 4.69) is 14.2 Å². The molecule has 2 fully saturated rings. The predicted octanol–water partition coefficient (Wildman–Crippen LogP) is 4.90. The Hall–Kier alpha value is -4.99. The van der Waals surface area contributed by atoms with E-state index in [4.69, 9.17) is 28.5 Å². The molecule has 2 amide bonds. The molecule has 0 aliphatic carbocycles. The third-order valence-corrected chi connectivity index (χ3v) is 8.77. The Morgan fingerprint density at radius 1 is 0.638 bits per heavy atom. The first-order valence-electron chi connectivity index (χ1n) is 19.0. The highest BCUT2D eigenvalue weighted by molar-refractivity contribution is 5.91. The van der Waals surface area contributed by atoms with Crippen molar-refractivity contribution in [3.63, 3.8) is 0 Å². The Balaban J connectivity index is 0. The number of likely N-dealkylation sites (tertiary alicyclic amines) is 2. The van der Waals surface area contributed by atoms with Crippen LogP contribution in [-0.2, 0) is 66.7 Å². The van der Waals surface area contributed by atoms with Crippen molar-refractivity contribution in [2.45, 2.75) is 111 Å². The van der Waals surface area contributed by atoms with Gasteiger partial charge in [0.2, 0.25) is 0 Å². The van der Waals surface area contributed by atoms with E-state index in [1.54, 1.807) is 16.7 Å². The van der Waals surface area contributed by atoms with E-state index >= 15 is 0 Å². The third-order valence-electron chi connectivity index (χ3n) is 8.77. The van der Waals surface area contributed by atoms with Crippen molar-refractivity contribution in [1.29, 1.82) is 0 Å². The summed E-state index contributed by atoms with van der Waals surface area (Å²) in [4.78, 5) is 98.8. The van der Waals surface area contributed by atoms with Crippen molar-refractivity contribution >= 4 is 48.2 Å². The van der Waals surface area contributed by atoms with Crippen LogP contribution < -0.4 is 0 Å². The largest absolute Gasteiger partial charge is 0.469 e. The number of esters is 5. The molecule has 18 heteroatoms. The fraction of sp³-hybridized carbons (Fsp3) is 0.750. The first kappa shape index (κ1) is 55.1. The molecule has 0 aromatic heterocycles. The summed E-state index contributed by atoms with van der Waals surface area (Å²) in [7, 11) is 6.50. The number of rotatable bonds is 11. The number of hydrogen-bond acceptors (Lipinski definition) is 16. The van der Waals surface area contributed by atoms with Crippen LogP contribution >= 0.6 is 0 Å². The van der Waals surface area contributed by atoms with Crippen LogP contribution in [0.25, 0.3) is 0 Å². The summed E-state index contributed by atoms with van der Waals surface area (Å²) in [6, 6.07) is 0. The average Bonchev–Trinajstić information content (AvgIpc) is 3.16. The van der Waals surface area contributed by atoms with Crippen LogP contribution in [0.1, 0.15) is 99.8 Å². The van der Waals surface area contributed by atoms with Gasteiger partial charge in [0.15, 0.2) is 0 Å². The third kappa shape index (κ3) is 26.8. The van der Waals surface area contributed by atoms with E-state index < -0.39 is 23.1 Å². The molecule has 18 nitrogen and oxygen atoms in total. The summed E-state index contributed by atoms with van der Waals surface area (Å²) in [6.07, 6.45) is 8.01. The van der Waals surface area contributed by atoms with E-state index in [0.29, 0.717) is 38.0 Å². The van der Waals surface area contributed by atoms with Crippen LogP contribution in [0.15, 0.2) is 12.2 Å². The highest BCUT2D eigenvalue weighted by atomic mass is 16.6. The number of carbonyl (C=O) groups is 7. The second-order valence-electron chi connectivity index (χ2n) is 15.5. The minimum Gasteiger partial charge on any atom is -0.469 e. The van der Waals surface area contributed by atoms with Crippen molar-refractivity contribution in [3.8, 4) is 0 Å². The lowest BCUT2D eigenvalue weighted by atomic mass is 9.80. The molecule has 2 atom stereocenters. The molecule has 2 aliphatic heterocycles. The number of methoxy groups -OCH3 is 5. The quantitative estimate of drug-likeness (QED) is 0.117. The molecule has 2 unspecified atom stereocenters. The maximum absolute atomic E-state index is 12.1. The first-order chi connectivity index (χ1) is 27.0. The fourth-order valence-corrected chi connectivity index (χ4v) is 5.61. The smallest absolute Gasteiger partial charge is 0.410 e. The molecule has 332 valence electrons. The highest BCUT2D eigenvalue weighted by Gasteiger charge is 2.33. The number of piperidine rings is 2. The minimum atomic E-state index is -0.582. The second kappa shape index (κ2) is 29.3. The highest BCUT2D eigenvalue weighted by Crippen LogP contribution is 2.31. The number of carbonyl (C=O) groups excluding carboxylic acids is 9. The van der Waals surface area contributed by atoms with Crippen LogP contribution in [0.3, 0.4) is 0 Å². The molecule has 0 N–H and O–H groups in total. The summed E-state index contributed by atoms with van der Waals surface area (Å²) >= 11 is 0. The fourth-order valence-electron chi connectivity index (χ4n) is 5.61. The van der Waals surface area contributed by atoms with Gasteiger partial charge in [0.25, 0.3) is 0 Å². The van der Waals surface area contributed by atoms with Crippen LogP contribution in [-0.4, -0.2) is 131 Å². The van der Waals surface area contributed by atoms with Crippen molar-refractivity contribution in [3.05, 3.63) is 12.2 Å². The Bertz CT molecular complexity index is 1330. The van der Waals surface area contributed by atoms with Crippen LogP contribution in [0.5, 0.6) is 0 Å². The molecule has 0 bridgehead atoms. The van der Waals surface area contributed by atoms with E-state index in [1.165, 1.54) is 41.6 Å². The van der Waals surface area contributed by atoms with Gasteiger partial charge in [-0.2, -0.15) is 9.59 Å². The zero-order chi connectivity index (χ0) is 45.1. The summed E-state index contributed by atoms with van der Waals surface area (Å²) < 4.78 is 33.3. The van der Waals surface area contributed by atoms with Gasteiger partial charge in [-0.25, -0.2) is 14.4 Å². The van der Waals surface area contributed by atoms with Crippen LogP contribution in [0, 0.1) is 23.7 Å². The van der Waals surface area contributed by atoms with Gasteiger partial charge < -0.3 is 43.0 Å². The molecule has 2 heterocycles. The Morgan fingerprint density at radius 2 is 1.03 bits per heavy atom. The Labute approximate surface area is 342 Å². The van der Waals surface area contributed by atoms with Gasteiger partial charge in [0.1, 0.15) is 17.6 Å². The van der Waals surface area contributed by atoms with Gasteiger partial charge in [-0.3, -0.25) is 19.2 Å². The summed E-state index contributed by atoms with van der Waals surface area (Å²) in [5.74, 6) is -1.78. The van der Waals surface area contributed by atoms with Crippen molar-refractivity contribution in [1.82, 2.24) is 9.80 Å². The molecule has 0 aromatic carbocycles. The lowest BCUT2D eigenvalue weighted by Gasteiger charge is -2.35. The van der Waals surface area contributed by atoms with Crippen molar-refractivity contribution in [2.24, 2.45) is 23.7 Å². The number of hydrogen-bond donors (Lipinski definition) is 0. The maximum atomic E-state index is 12.1. The SMILES string of the molecule is COC(=O)/C=C/CC1CCN(C(=O)OC(C)(C)C)CC1.COC(=O)CC(=O)OC.COC(=O)CC(CC1CCN(C(=O)OC(C)(C)C)CC1)C(C)C(=O)OC.O=C=O. The number of ether oxygens (including phenoxy) is 7. The Morgan fingerprint density at radius 3 is 1.38 bits per heavy atom. The Kier molecular flexibility index (Phi) is 27.8. The lowest BCUT2D eigenvalue weighted by Crippen LogP contribution is -2.42. The summed E-state index contributed by atoms with van der Waals surface area (Å²) in [5, 5.41) is 0. The monoisotopic (exact) mass is 830 g/mol. The van der Waals surface area contributed by atoms with Crippen molar-refractivity contribution < 1.29 is 76.3 Å².